The number of methoxy groups -OCH3 is 2. The fourth-order valence-electron chi connectivity index (χ4n) is 2.01. The maximum Gasteiger partial charge on any atom is 0.276 e. The maximum absolute atomic E-state index is 12.2. The Bertz CT molecular complexity index is 810. The third kappa shape index (κ3) is 5.12. The van der Waals surface area contributed by atoms with Crippen molar-refractivity contribution in [1.82, 2.24) is 4.83 Å². The summed E-state index contributed by atoms with van der Waals surface area (Å²) in [5.74, 6) is 1.76. The van der Waals surface area contributed by atoms with Crippen LogP contribution in [-0.2, 0) is 10.0 Å². The van der Waals surface area contributed by atoms with E-state index in [9.17, 15) is 8.42 Å². The smallest absolute Gasteiger partial charge is 0.276 e. The molecule has 0 spiro atoms. The van der Waals surface area contributed by atoms with Gasteiger partial charge in [-0.15, -0.1) is 0 Å². The summed E-state index contributed by atoms with van der Waals surface area (Å²) in [5, 5.41) is 3.79. The Morgan fingerprint density at radius 2 is 1.60 bits per heavy atom. The summed E-state index contributed by atoms with van der Waals surface area (Å²) in [5.41, 5.74) is 0.630. The van der Waals surface area contributed by atoms with Crippen molar-refractivity contribution in [2.24, 2.45) is 5.10 Å². The van der Waals surface area contributed by atoms with Crippen molar-refractivity contribution < 1.29 is 22.6 Å². The summed E-state index contributed by atoms with van der Waals surface area (Å²) < 4.78 is 40.0. The summed E-state index contributed by atoms with van der Waals surface area (Å²) in [7, 11) is -0.695. The highest BCUT2D eigenvalue weighted by molar-refractivity contribution is 7.89. The van der Waals surface area contributed by atoms with Crippen LogP contribution in [0.25, 0.3) is 0 Å². The van der Waals surface area contributed by atoms with Gasteiger partial charge in [0.2, 0.25) is 0 Å². The lowest BCUT2D eigenvalue weighted by atomic mass is 10.2. The van der Waals surface area contributed by atoms with Crippen LogP contribution in [0.5, 0.6) is 17.2 Å². The van der Waals surface area contributed by atoms with Gasteiger partial charge < -0.3 is 14.2 Å². The number of sulfonamides is 1. The molecule has 8 heteroatoms. The zero-order valence-corrected chi connectivity index (χ0v) is 15.0. The van der Waals surface area contributed by atoms with E-state index in [-0.39, 0.29) is 4.90 Å². The number of rotatable bonds is 8. The molecular weight excluding hydrogens is 344 g/mol. The topological polar surface area (TPSA) is 86.2 Å². The van der Waals surface area contributed by atoms with E-state index in [1.54, 1.807) is 30.3 Å². The zero-order valence-electron chi connectivity index (χ0n) is 14.2. The van der Waals surface area contributed by atoms with Gasteiger partial charge in [0.1, 0.15) is 17.2 Å². The Kier molecular flexibility index (Phi) is 6.24. The lowest BCUT2D eigenvalue weighted by molar-refractivity contribution is 0.340. The molecule has 1 N–H and O–H groups in total. The Morgan fingerprint density at radius 3 is 2.12 bits per heavy atom. The number of hydrazone groups is 1. The summed E-state index contributed by atoms with van der Waals surface area (Å²) in [4.78, 5) is 2.26. The SMILES string of the molecule is CCOc1ccc(S(=O)(=O)N/N=C\c2cc(OC)cc(OC)c2)cc1. The summed E-state index contributed by atoms with van der Waals surface area (Å²) in [6, 6.07) is 11.2. The molecule has 0 heterocycles. The van der Waals surface area contributed by atoms with Gasteiger partial charge in [-0.1, -0.05) is 0 Å². The van der Waals surface area contributed by atoms with Crippen molar-refractivity contribution >= 4 is 16.2 Å². The molecule has 7 nitrogen and oxygen atoms in total. The van der Waals surface area contributed by atoms with E-state index in [0.717, 1.165) is 0 Å². The van der Waals surface area contributed by atoms with Crippen molar-refractivity contribution in [3.05, 3.63) is 48.0 Å². The average molecular weight is 364 g/mol. The fraction of sp³-hybridized carbons (Fsp3) is 0.235. The van der Waals surface area contributed by atoms with E-state index in [2.05, 4.69) is 9.93 Å². The molecule has 0 saturated carbocycles. The minimum atomic E-state index is -3.76. The molecule has 0 bridgehead atoms. The monoisotopic (exact) mass is 364 g/mol. The second kappa shape index (κ2) is 8.39. The first-order valence-corrected chi connectivity index (χ1v) is 8.97. The molecule has 25 heavy (non-hydrogen) atoms. The Hall–Kier alpha value is -2.74. The molecule has 0 aliphatic heterocycles. The Balaban J connectivity index is 2.12. The summed E-state index contributed by atoms with van der Waals surface area (Å²) in [6.07, 6.45) is 1.37. The second-order valence-corrected chi connectivity index (χ2v) is 6.56. The molecule has 2 rings (SSSR count). The van der Waals surface area contributed by atoms with E-state index in [1.165, 1.54) is 32.6 Å². The first-order chi connectivity index (χ1) is 12.0. The number of ether oxygens (including phenoxy) is 3. The van der Waals surface area contributed by atoms with Gasteiger partial charge in [-0.3, -0.25) is 0 Å². The fourth-order valence-corrected chi connectivity index (χ4v) is 2.80. The van der Waals surface area contributed by atoms with Crippen LogP contribution in [0.4, 0.5) is 0 Å². The van der Waals surface area contributed by atoms with Crippen LogP contribution >= 0.6 is 0 Å². The minimum absolute atomic E-state index is 0.0938. The third-order valence-corrected chi connectivity index (χ3v) is 4.44. The quantitative estimate of drug-likeness (QED) is 0.574. The van der Waals surface area contributed by atoms with Gasteiger partial charge in [0.05, 0.1) is 31.9 Å². The number of nitrogens with zero attached hydrogens (tertiary/aromatic N) is 1. The summed E-state index contributed by atoms with van der Waals surface area (Å²) >= 11 is 0. The van der Waals surface area contributed by atoms with Crippen LogP contribution in [0, 0.1) is 0 Å². The first kappa shape index (κ1) is 18.6. The molecule has 0 aromatic heterocycles. The van der Waals surface area contributed by atoms with Crippen LogP contribution < -0.4 is 19.0 Å². The normalized spacial score (nSPS) is 11.3. The molecule has 0 amide bonds. The van der Waals surface area contributed by atoms with E-state index in [0.29, 0.717) is 29.4 Å². The van der Waals surface area contributed by atoms with Gasteiger partial charge in [-0.2, -0.15) is 13.5 Å². The van der Waals surface area contributed by atoms with Gasteiger partial charge in [0.15, 0.2) is 0 Å². The summed E-state index contributed by atoms with van der Waals surface area (Å²) in [6.45, 7) is 2.37. The van der Waals surface area contributed by atoms with Gasteiger partial charge >= 0.3 is 0 Å². The van der Waals surface area contributed by atoms with Crippen LogP contribution in [0.15, 0.2) is 52.5 Å². The molecular formula is C17H20N2O5S. The molecule has 134 valence electrons. The maximum atomic E-state index is 12.2. The van der Waals surface area contributed by atoms with Crippen molar-refractivity contribution in [3.8, 4) is 17.2 Å². The van der Waals surface area contributed by atoms with E-state index >= 15 is 0 Å². The first-order valence-electron chi connectivity index (χ1n) is 7.49. The molecule has 0 atom stereocenters. The standard InChI is InChI=1S/C17H20N2O5S/c1-4-24-14-5-7-17(8-6-14)25(20,21)19-18-12-13-9-15(22-2)11-16(10-13)23-3/h5-12,19H,4H2,1-3H3/b18-12-. The van der Waals surface area contributed by atoms with Crippen LogP contribution in [0.2, 0.25) is 0 Å². The molecule has 2 aromatic rings. The van der Waals surface area contributed by atoms with Crippen LogP contribution in [-0.4, -0.2) is 35.5 Å². The van der Waals surface area contributed by atoms with Crippen molar-refractivity contribution in [2.75, 3.05) is 20.8 Å². The molecule has 2 aromatic carbocycles. The highest BCUT2D eigenvalue weighted by Crippen LogP contribution is 2.21. The number of hydrogen-bond donors (Lipinski definition) is 1. The van der Waals surface area contributed by atoms with E-state index in [1.807, 2.05) is 6.92 Å². The largest absolute Gasteiger partial charge is 0.497 e. The molecule has 0 aliphatic carbocycles. The lowest BCUT2D eigenvalue weighted by Gasteiger charge is -2.07. The predicted molar refractivity (Wildman–Crippen MR) is 95.1 cm³/mol. The third-order valence-electron chi connectivity index (χ3n) is 3.21. The number of hydrogen-bond acceptors (Lipinski definition) is 6. The van der Waals surface area contributed by atoms with Crippen molar-refractivity contribution in [2.45, 2.75) is 11.8 Å². The highest BCUT2D eigenvalue weighted by atomic mass is 32.2. The van der Waals surface area contributed by atoms with Gasteiger partial charge in [0.25, 0.3) is 10.0 Å². The number of nitrogens with one attached hydrogen (secondary N) is 1. The van der Waals surface area contributed by atoms with Crippen LogP contribution in [0.3, 0.4) is 0 Å². The Labute approximate surface area is 147 Å². The van der Waals surface area contributed by atoms with Gasteiger partial charge in [-0.05, 0) is 43.3 Å². The molecule has 0 fully saturated rings. The predicted octanol–water partition coefficient (Wildman–Crippen LogP) is 2.41. The molecule has 0 aliphatic rings. The number of benzene rings is 2. The van der Waals surface area contributed by atoms with E-state index < -0.39 is 10.0 Å². The average Bonchev–Trinajstić information content (AvgIpc) is 2.62. The molecule has 0 unspecified atom stereocenters. The minimum Gasteiger partial charge on any atom is -0.497 e. The highest BCUT2D eigenvalue weighted by Gasteiger charge is 2.12. The lowest BCUT2D eigenvalue weighted by Crippen LogP contribution is -2.18. The van der Waals surface area contributed by atoms with Crippen LogP contribution in [0.1, 0.15) is 12.5 Å². The van der Waals surface area contributed by atoms with Crippen molar-refractivity contribution in [3.63, 3.8) is 0 Å². The molecule has 0 radical (unpaired) electrons. The van der Waals surface area contributed by atoms with Crippen molar-refractivity contribution in [1.29, 1.82) is 0 Å². The Morgan fingerprint density at radius 1 is 1.00 bits per heavy atom. The van der Waals surface area contributed by atoms with Gasteiger partial charge in [-0.25, -0.2) is 4.83 Å². The second-order valence-electron chi connectivity index (χ2n) is 4.90. The van der Waals surface area contributed by atoms with E-state index in [4.69, 9.17) is 14.2 Å². The molecule has 0 saturated heterocycles. The zero-order chi connectivity index (χ0) is 18.3. The van der Waals surface area contributed by atoms with Gasteiger partial charge in [0, 0.05) is 11.6 Å².